The van der Waals surface area contributed by atoms with Gasteiger partial charge in [-0.1, -0.05) is 12.8 Å². The lowest BCUT2D eigenvalue weighted by Crippen LogP contribution is -2.33. The van der Waals surface area contributed by atoms with Gasteiger partial charge in [0.25, 0.3) is 0 Å². The van der Waals surface area contributed by atoms with E-state index in [-0.39, 0.29) is 5.91 Å². The molecule has 0 aromatic carbocycles. The van der Waals surface area contributed by atoms with Crippen LogP contribution in [-0.4, -0.2) is 61.0 Å². The van der Waals surface area contributed by atoms with Crippen LogP contribution in [0.15, 0.2) is 11.3 Å². The van der Waals surface area contributed by atoms with Crippen LogP contribution < -0.4 is 21.0 Å². The minimum Gasteiger partial charge on any atom is -0.371 e. The number of hydroxylamine groups is 1. The quantitative estimate of drug-likeness (QED) is 0.172. The summed E-state index contributed by atoms with van der Waals surface area (Å²) in [4.78, 5) is 25.6. The van der Waals surface area contributed by atoms with Crippen LogP contribution in [0.1, 0.15) is 39.0 Å². The number of anilines is 2. The monoisotopic (exact) mass is 365 g/mol. The topological polar surface area (TPSA) is 115 Å². The van der Waals surface area contributed by atoms with Crippen molar-refractivity contribution in [2.45, 2.75) is 39.0 Å². The molecule has 0 aliphatic carbocycles. The number of carbonyl (C=O) groups excluding carboxylic acids is 1. The first-order chi connectivity index (χ1) is 12.7. The number of carbonyl (C=O) groups is 1. The van der Waals surface area contributed by atoms with Gasteiger partial charge in [0.15, 0.2) is 11.6 Å². The summed E-state index contributed by atoms with van der Waals surface area (Å²) in [5.74, 6) is 1.14. The molecule has 26 heavy (non-hydrogen) atoms. The van der Waals surface area contributed by atoms with Crippen molar-refractivity contribution in [2.75, 3.05) is 43.4 Å². The molecule has 1 aromatic heterocycles. The van der Waals surface area contributed by atoms with Crippen LogP contribution in [0, 0.1) is 0 Å². The second kappa shape index (κ2) is 13.0. The number of hydrogen-bond acceptors (Lipinski definition) is 8. The molecule has 9 nitrogen and oxygen atoms in total. The van der Waals surface area contributed by atoms with Gasteiger partial charge in [-0.05, 0) is 33.0 Å². The summed E-state index contributed by atoms with van der Waals surface area (Å²) in [6.45, 7) is 9.12. The van der Waals surface area contributed by atoms with Gasteiger partial charge in [-0.2, -0.15) is 0 Å². The summed E-state index contributed by atoms with van der Waals surface area (Å²) < 4.78 is 0. The summed E-state index contributed by atoms with van der Waals surface area (Å²) in [6.07, 6.45) is 5.81. The lowest BCUT2D eigenvalue weighted by Gasteiger charge is -2.24. The molecule has 0 saturated heterocycles. The standard InChI is InChI=1S/C17H31N7O2/c1-4-24(17-15(18-2)16(19-3)21-13-22-17)12-11-20-10-8-6-5-7-9-14(25)23-26/h13,20,26H,2,4-12H2,1,3H3,(H,23,25)(H,19,21,22). The Labute approximate surface area is 155 Å². The Morgan fingerprint density at radius 2 is 2.04 bits per heavy atom. The fourth-order valence-electron chi connectivity index (χ4n) is 2.63. The van der Waals surface area contributed by atoms with E-state index < -0.39 is 0 Å². The molecule has 1 heterocycles. The average Bonchev–Trinajstić information content (AvgIpc) is 2.68. The number of likely N-dealkylation sites (N-methyl/N-ethyl adjacent to an activating group) is 1. The molecule has 0 fully saturated rings. The van der Waals surface area contributed by atoms with Crippen molar-refractivity contribution in [3.63, 3.8) is 0 Å². The molecule has 1 amide bonds. The summed E-state index contributed by atoms with van der Waals surface area (Å²) >= 11 is 0. The van der Waals surface area contributed by atoms with Crippen LogP contribution in [0.2, 0.25) is 0 Å². The van der Waals surface area contributed by atoms with Gasteiger partial charge in [0.1, 0.15) is 12.0 Å². The molecule has 1 aromatic rings. The van der Waals surface area contributed by atoms with E-state index in [4.69, 9.17) is 5.21 Å². The van der Waals surface area contributed by atoms with Gasteiger partial charge in [-0.3, -0.25) is 15.0 Å². The summed E-state index contributed by atoms with van der Waals surface area (Å²) in [5, 5.41) is 14.9. The Morgan fingerprint density at radius 3 is 2.69 bits per heavy atom. The molecule has 9 heteroatoms. The molecule has 0 saturated carbocycles. The predicted molar refractivity (Wildman–Crippen MR) is 105 cm³/mol. The normalized spacial score (nSPS) is 10.4. The van der Waals surface area contributed by atoms with Gasteiger partial charge in [-0.25, -0.2) is 15.4 Å². The van der Waals surface area contributed by atoms with Crippen molar-refractivity contribution in [2.24, 2.45) is 4.99 Å². The first kappa shape index (κ1) is 21.8. The number of rotatable bonds is 14. The second-order valence-electron chi connectivity index (χ2n) is 5.83. The van der Waals surface area contributed by atoms with Crippen molar-refractivity contribution in [3.8, 4) is 0 Å². The molecule has 0 spiro atoms. The third kappa shape index (κ3) is 7.32. The Balaban J connectivity index is 2.29. The maximum absolute atomic E-state index is 10.9. The van der Waals surface area contributed by atoms with Gasteiger partial charge in [-0.15, -0.1) is 0 Å². The zero-order chi connectivity index (χ0) is 19.2. The van der Waals surface area contributed by atoms with Gasteiger partial charge in [0, 0.05) is 33.1 Å². The van der Waals surface area contributed by atoms with E-state index in [1.807, 2.05) is 0 Å². The van der Waals surface area contributed by atoms with E-state index in [2.05, 4.69) is 44.1 Å². The van der Waals surface area contributed by atoms with Gasteiger partial charge in [0.05, 0.1) is 0 Å². The second-order valence-corrected chi connectivity index (χ2v) is 5.83. The number of aliphatic imine (C=N–C) groups is 1. The lowest BCUT2D eigenvalue weighted by atomic mass is 10.1. The number of amides is 1. The summed E-state index contributed by atoms with van der Waals surface area (Å²) in [5.41, 5.74) is 2.32. The highest BCUT2D eigenvalue weighted by atomic mass is 16.5. The highest BCUT2D eigenvalue weighted by molar-refractivity contribution is 5.76. The third-order valence-corrected chi connectivity index (χ3v) is 4.07. The first-order valence-corrected chi connectivity index (χ1v) is 9.06. The predicted octanol–water partition coefficient (Wildman–Crippen LogP) is 1.72. The summed E-state index contributed by atoms with van der Waals surface area (Å²) in [7, 11) is 1.80. The third-order valence-electron chi connectivity index (χ3n) is 4.07. The maximum atomic E-state index is 10.9. The zero-order valence-corrected chi connectivity index (χ0v) is 15.8. The smallest absolute Gasteiger partial charge is 0.243 e. The van der Waals surface area contributed by atoms with Crippen molar-refractivity contribution in [1.82, 2.24) is 20.8 Å². The van der Waals surface area contributed by atoms with E-state index >= 15 is 0 Å². The van der Waals surface area contributed by atoms with Gasteiger partial charge >= 0.3 is 0 Å². The lowest BCUT2D eigenvalue weighted by molar-refractivity contribution is -0.129. The largest absolute Gasteiger partial charge is 0.371 e. The number of nitrogens with one attached hydrogen (secondary N) is 3. The van der Waals surface area contributed by atoms with Crippen LogP contribution in [0.5, 0.6) is 0 Å². The molecular formula is C17H31N7O2. The minimum atomic E-state index is -0.317. The molecule has 0 bridgehead atoms. The van der Waals surface area contributed by atoms with Crippen LogP contribution in [-0.2, 0) is 4.79 Å². The molecular weight excluding hydrogens is 334 g/mol. The fraction of sp³-hybridized carbons (Fsp3) is 0.647. The molecule has 0 unspecified atom stereocenters. The molecule has 0 radical (unpaired) electrons. The number of nitrogens with zero attached hydrogens (tertiary/aromatic N) is 4. The molecule has 1 rings (SSSR count). The number of aromatic nitrogens is 2. The van der Waals surface area contributed by atoms with Crippen molar-refractivity contribution >= 4 is 29.9 Å². The first-order valence-electron chi connectivity index (χ1n) is 9.06. The summed E-state index contributed by atoms with van der Waals surface area (Å²) in [6, 6.07) is 0. The molecule has 0 atom stereocenters. The van der Waals surface area contributed by atoms with E-state index in [1.165, 1.54) is 6.33 Å². The van der Waals surface area contributed by atoms with Crippen LogP contribution in [0.4, 0.5) is 17.3 Å². The average molecular weight is 365 g/mol. The van der Waals surface area contributed by atoms with Crippen LogP contribution in [0.25, 0.3) is 0 Å². The SMILES string of the molecule is C=Nc1c(NC)ncnc1N(CC)CCNCCCCCCC(=O)NO. The zero-order valence-electron chi connectivity index (χ0n) is 15.8. The highest BCUT2D eigenvalue weighted by Crippen LogP contribution is 2.31. The number of hydrogen-bond donors (Lipinski definition) is 4. The molecule has 4 N–H and O–H groups in total. The molecule has 146 valence electrons. The molecule has 0 aliphatic rings. The number of unbranched alkanes of at least 4 members (excludes halogenated alkanes) is 3. The Hall–Kier alpha value is -2.26. The van der Waals surface area contributed by atoms with Gasteiger partial charge in [0.2, 0.25) is 5.91 Å². The van der Waals surface area contributed by atoms with Crippen molar-refractivity contribution < 1.29 is 10.0 Å². The Morgan fingerprint density at radius 1 is 1.27 bits per heavy atom. The van der Waals surface area contributed by atoms with Gasteiger partial charge < -0.3 is 15.5 Å². The van der Waals surface area contributed by atoms with E-state index in [0.29, 0.717) is 17.9 Å². The Kier molecular flexibility index (Phi) is 10.9. The Bertz CT molecular complexity index is 554. The fourth-order valence-corrected chi connectivity index (χ4v) is 2.63. The van der Waals surface area contributed by atoms with Crippen LogP contribution in [0.3, 0.4) is 0 Å². The van der Waals surface area contributed by atoms with Crippen molar-refractivity contribution in [1.29, 1.82) is 0 Å². The van der Waals surface area contributed by atoms with E-state index in [9.17, 15) is 4.79 Å². The highest BCUT2D eigenvalue weighted by Gasteiger charge is 2.14. The molecule has 0 aliphatic heterocycles. The van der Waals surface area contributed by atoms with Crippen LogP contribution >= 0.6 is 0 Å². The van der Waals surface area contributed by atoms with E-state index in [1.54, 1.807) is 12.5 Å². The maximum Gasteiger partial charge on any atom is 0.243 e. The minimum absolute atomic E-state index is 0.317. The van der Waals surface area contributed by atoms with Crippen molar-refractivity contribution in [3.05, 3.63) is 6.33 Å². The van der Waals surface area contributed by atoms with E-state index in [0.717, 1.165) is 57.7 Å².